The van der Waals surface area contributed by atoms with Gasteiger partial charge in [-0.05, 0) is 12.3 Å². The Morgan fingerprint density at radius 2 is 2.20 bits per heavy atom. The molecule has 0 aromatic carbocycles. The highest BCUT2D eigenvalue weighted by atomic mass is 16.5. The summed E-state index contributed by atoms with van der Waals surface area (Å²) in [4.78, 5) is 10.5. The molecule has 0 fully saturated rings. The largest absolute Gasteiger partial charge is 0.453 e. The highest BCUT2D eigenvalue weighted by Gasteiger charge is 1.97. The number of alkyl carbamates (subject to hydrolysis) is 1. The lowest BCUT2D eigenvalue weighted by Gasteiger charge is -2.04. The molecule has 0 unspecified atom stereocenters. The Bertz CT molecular complexity index is 102. The van der Waals surface area contributed by atoms with Gasteiger partial charge in [0.25, 0.3) is 0 Å². The Kier molecular flexibility index (Phi) is 4.72. The number of hydrogen-bond acceptors (Lipinski definition) is 2. The molecule has 1 N–H and O–H groups in total. The number of methoxy groups -OCH3 is 1. The van der Waals surface area contributed by atoms with Gasteiger partial charge >= 0.3 is 6.09 Å². The first-order valence-corrected chi connectivity index (χ1v) is 3.48. The van der Waals surface area contributed by atoms with Gasteiger partial charge in [0, 0.05) is 6.54 Å². The van der Waals surface area contributed by atoms with Gasteiger partial charge in [-0.25, -0.2) is 4.79 Å². The van der Waals surface area contributed by atoms with E-state index in [1.807, 2.05) is 0 Å². The van der Waals surface area contributed by atoms with E-state index in [1.165, 1.54) is 7.11 Å². The third kappa shape index (κ3) is 5.41. The van der Waals surface area contributed by atoms with E-state index >= 15 is 0 Å². The molecule has 0 bridgehead atoms. The number of carbonyl (C=O) groups is 1. The van der Waals surface area contributed by atoms with Crippen LogP contribution in [0.3, 0.4) is 0 Å². The lowest BCUT2D eigenvalue weighted by atomic mass is 10.1. The van der Waals surface area contributed by atoms with Crippen LogP contribution in [0.2, 0.25) is 0 Å². The molecule has 0 atom stereocenters. The van der Waals surface area contributed by atoms with Gasteiger partial charge in [0.15, 0.2) is 0 Å². The van der Waals surface area contributed by atoms with E-state index in [1.54, 1.807) is 0 Å². The number of ether oxygens (including phenoxy) is 1. The van der Waals surface area contributed by atoms with Crippen LogP contribution in [0.1, 0.15) is 20.3 Å². The Balaban J connectivity index is 3.12. The van der Waals surface area contributed by atoms with Crippen molar-refractivity contribution in [2.45, 2.75) is 20.3 Å². The first-order chi connectivity index (χ1) is 4.66. The molecule has 3 nitrogen and oxygen atoms in total. The summed E-state index contributed by atoms with van der Waals surface area (Å²) in [6, 6.07) is 0. The molecular weight excluding hydrogens is 130 g/mol. The summed E-state index contributed by atoms with van der Waals surface area (Å²) in [5.41, 5.74) is 0. The van der Waals surface area contributed by atoms with Crippen LogP contribution in [0, 0.1) is 5.92 Å². The number of rotatable bonds is 3. The molecule has 0 aliphatic rings. The van der Waals surface area contributed by atoms with Crippen molar-refractivity contribution < 1.29 is 9.53 Å². The quantitative estimate of drug-likeness (QED) is 0.651. The average molecular weight is 145 g/mol. The lowest BCUT2D eigenvalue weighted by Crippen LogP contribution is -2.24. The molecule has 0 aliphatic carbocycles. The molecule has 0 saturated carbocycles. The highest BCUT2D eigenvalue weighted by molar-refractivity contribution is 5.66. The van der Waals surface area contributed by atoms with Crippen molar-refractivity contribution in [3.05, 3.63) is 0 Å². The van der Waals surface area contributed by atoms with Crippen LogP contribution in [-0.2, 0) is 4.74 Å². The molecule has 0 aliphatic heterocycles. The maximum atomic E-state index is 10.5. The summed E-state index contributed by atoms with van der Waals surface area (Å²) >= 11 is 0. The maximum absolute atomic E-state index is 10.5. The van der Waals surface area contributed by atoms with Crippen molar-refractivity contribution in [2.24, 2.45) is 5.92 Å². The molecule has 10 heavy (non-hydrogen) atoms. The van der Waals surface area contributed by atoms with Crippen LogP contribution < -0.4 is 5.32 Å². The second-order valence-electron chi connectivity index (χ2n) is 2.60. The number of carbonyl (C=O) groups excluding carboxylic acids is 1. The fourth-order valence-electron chi connectivity index (χ4n) is 0.535. The van der Waals surface area contributed by atoms with Crippen LogP contribution in [0.15, 0.2) is 0 Å². The van der Waals surface area contributed by atoms with Crippen LogP contribution >= 0.6 is 0 Å². The summed E-state index contributed by atoms with van der Waals surface area (Å²) in [6.45, 7) is 4.92. The summed E-state index contributed by atoms with van der Waals surface area (Å²) in [6.07, 6.45) is 0.649. The predicted octanol–water partition coefficient (Wildman–Crippen LogP) is 1.39. The van der Waals surface area contributed by atoms with Gasteiger partial charge in [-0.1, -0.05) is 13.8 Å². The SMILES string of the molecule is COC(=O)NCCC(C)C. The first-order valence-electron chi connectivity index (χ1n) is 3.48. The third-order valence-electron chi connectivity index (χ3n) is 1.18. The van der Waals surface area contributed by atoms with Crippen molar-refractivity contribution in [1.82, 2.24) is 5.32 Å². The van der Waals surface area contributed by atoms with Crippen molar-refractivity contribution in [1.29, 1.82) is 0 Å². The number of nitrogens with one attached hydrogen (secondary N) is 1. The van der Waals surface area contributed by atoms with Crippen LogP contribution in [0.25, 0.3) is 0 Å². The van der Waals surface area contributed by atoms with E-state index in [0.29, 0.717) is 12.5 Å². The number of amides is 1. The van der Waals surface area contributed by atoms with Gasteiger partial charge in [0.05, 0.1) is 7.11 Å². The summed E-state index contributed by atoms with van der Waals surface area (Å²) in [5, 5.41) is 2.60. The van der Waals surface area contributed by atoms with E-state index in [0.717, 1.165) is 6.42 Å². The van der Waals surface area contributed by atoms with Gasteiger partial charge in [-0.15, -0.1) is 0 Å². The standard InChI is InChI=1S/C7H15NO2/c1-6(2)4-5-8-7(9)10-3/h6H,4-5H2,1-3H3,(H,8,9). The van der Waals surface area contributed by atoms with E-state index in [-0.39, 0.29) is 6.09 Å². The minimum atomic E-state index is -0.347. The zero-order valence-corrected chi connectivity index (χ0v) is 6.81. The molecule has 0 radical (unpaired) electrons. The first kappa shape index (κ1) is 9.27. The molecule has 60 valence electrons. The monoisotopic (exact) mass is 145 g/mol. The summed E-state index contributed by atoms with van der Waals surface area (Å²) in [5.74, 6) is 0.622. The Labute approximate surface area is 61.8 Å². The Morgan fingerprint density at radius 3 is 2.60 bits per heavy atom. The van der Waals surface area contributed by atoms with Crippen LogP contribution in [-0.4, -0.2) is 19.7 Å². The molecule has 0 spiro atoms. The van der Waals surface area contributed by atoms with Gasteiger partial charge < -0.3 is 10.1 Å². The van der Waals surface area contributed by atoms with Gasteiger partial charge in [0.1, 0.15) is 0 Å². The second-order valence-corrected chi connectivity index (χ2v) is 2.60. The van der Waals surface area contributed by atoms with Gasteiger partial charge in [-0.3, -0.25) is 0 Å². The zero-order valence-electron chi connectivity index (χ0n) is 6.81. The molecule has 3 heteroatoms. The molecule has 0 aromatic rings. The average Bonchev–Trinajstić information content (AvgIpc) is 1.87. The van der Waals surface area contributed by atoms with E-state index in [2.05, 4.69) is 23.9 Å². The highest BCUT2D eigenvalue weighted by Crippen LogP contribution is 1.95. The van der Waals surface area contributed by atoms with Gasteiger partial charge in [-0.2, -0.15) is 0 Å². The third-order valence-corrected chi connectivity index (χ3v) is 1.18. The number of hydrogen-bond donors (Lipinski definition) is 1. The fourth-order valence-corrected chi connectivity index (χ4v) is 0.535. The minimum Gasteiger partial charge on any atom is -0.453 e. The van der Waals surface area contributed by atoms with Crippen LogP contribution in [0.4, 0.5) is 4.79 Å². The van der Waals surface area contributed by atoms with Crippen molar-refractivity contribution in [3.8, 4) is 0 Å². The minimum absolute atomic E-state index is 0.347. The topological polar surface area (TPSA) is 38.3 Å². The van der Waals surface area contributed by atoms with Crippen molar-refractivity contribution >= 4 is 6.09 Å². The smallest absolute Gasteiger partial charge is 0.406 e. The molecule has 0 heterocycles. The van der Waals surface area contributed by atoms with E-state index < -0.39 is 0 Å². The molecule has 1 amide bonds. The van der Waals surface area contributed by atoms with Gasteiger partial charge in [0.2, 0.25) is 0 Å². The second kappa shape index (κ2) is 5.09. The predicted molar refractivity (Wildman–Crippen MR) is 39.9 cm³/mol. The van der Waals surface area contributed by atoms with Crippen molar-refractivity contribution in [2.75, 3.05) is 13.7 Å². The lowest BCUT2D eigenvalue weighted by molar-refractivity contribution is 0.170. The molecule has 0 rings (SSSR count). The van der Waals surface area contributed by atoms with E-state index in [4.69, 9.17) is 0 Å². The Hall–Kier alpha value is -0.730. The Morgan fingerprint density at radius 1 is 1.60 bits per heavy atom. The van der Waals surface area contributed by atoms with Crippen LogP contribution in [0.5, 0.6) is 0 Å². The summed E-state index contributed by atoms with van der Waals surface area (Å²) in [7, 11) is 1.37. The molecular formula is C7H15NO2. The zero-order chi connectivity index (χ0) is 7.98. The molecule has 0 aromatic heterocycles. The summed E-state index contributed by atoms with van der Waals surface area (Å²) < 4.78 is 4.38. The maximum Gasteiger partial charge on any atom is 0.406 e. The van der Waals surface area contributed by atoms with Crippen molar-refractivity contribution in [3.63, 3.8) is 0 Å². The fraction of sp³-hybridized carbons (Fsp3) is 0.857. The van der Waals surface area contributed by atoms with E-state index in [9.17, 15) is 4.79 Å². The normalized spacial score (nSPS) is 9.60. The molecule has 0 saturated heterocycles.